The first-order chi connectivity index (χ1) is 13.7. The Morgan fingerprint density at radius 2 is 1.79 bits per heavy atom. The van der Waals surface area contributed by atoms with Gasteiger partial charge in [-0.1, -0.05) is 60.7 Å². The Balaban J connectivity index is 1.64. The van der Waals surface area contributed by atoms with Crippen LogP contribution >= 0.6 is 11.8 Å². The Kier molecular flexibility index (Phi) is 6.18. The lowest BCUT2D eigenvalue weighted by atomic mass is 9.87. The van der Waals surface area contributed by atoms with Gasteiger partial charge in [-0.3, -0.25) is 5.01 Å². The lowest BCUT2D eigenvalue weighted by Crippen LogP contribution is -2.31. The maximum atomic E-state index is 5.19. The molecule has 2 atom stereocenters. The van der Waals surface area contributed by atoms with E-state index < -0.39 is 0 Å². The van der Waals surface area contributed by atoms with Crippen molar-refractivity contribution < 1.29 is 0 Å². The first kappa shape index (κ1) is 19.3. The molecule has 2 aromatic carbocycles. The summed E-state index contributed by atoms with van der Waals surface area (Å²) in [4.78, 5) is 2.25. The molecule has 0 aromatic heterocycles. The van der Waals surface area contributed by atoms with Crippen molar-refractivity contribution in [3.63, 3.8) is 0 Å². The Hall–Kier alpha value is -2.04. The van der Waals surface area contributed by atoms with Crippen LogP contribution in [0, 0.1) is 5.92 Å². The molecule has 0 radical (unpaired) electrons. The third-order valence-corrected chi connectivity index (χ3v) is 6.56. The summed E-state index contributed by atoms with van der Waals surface area (Å²) in [5.41, 5.74) is 5.35. The van der Waals surface area contributed by atoms with Crippen molar-refractivity contribution in [3.05, 3.63) is 77.4 Å². The molecule has 2 aliphatic heterocycles. The van der Waals surface area contributed by atoms with Gasteiger partial charge in [0.05, 0.1) is 11.8 Å². The molecule has 1 saturated heterocycles. The molecule has 4 rings (SSSR count). The summed E-state index contributed by atoms with van der Waals surface area (Å²) < 4.78 is 0. The van der Waals surface area contributed by atoms with Gasteiger partial charge in [0.1, 0.15) is 0 Å². The van der Waals surface area contributed by atoms with Gasteiger partial charge >= 0.3 is 0 Å². The molecule has 0 bridgehead atoms. The summed E-state index contributed by atoms with van der Waals surface area (Å²) in [6, 6.07) is 21.9. The number of fused-ring (bicyclic) bond motifs is 1. The number of hydrogen-bond donors (Lipinski definition) is 0. The Labute approximate surface area is 173 Å². The van der Waals surface area contributed by atoms with Crippen LogP contribution < -0.4 is 0 Å². The minimum absolute atomic E-state index is 0.352. The lowest BCUT2D eigenvalue weighted by Gasteiger charge is -2.30. The summed E-state index contributed by atoms with van der Waals surface area (Å²) in [5, 5.41) is 7.56. The summed E-state index contributed by atoms with van der Waals surface area (Å²) in [7, 11) is 4.28. The molecule has 1 fully saturated rings. The van der Waals surface area contributed by atoms with Crippen LogP contribution in [-0.4, -0.2) is 54.3 Å². The van der Waals surface area contributed by atoms with E-state index in [1.54, 1.807) is 0 Å². The van der Waals surface area contributed by atoms with Crippen LogP contribution in [-0.2, 0) is 0 Å². The quantitative estimate of drug-likeness (QED) is 0.705. The molecule has 28 heavy (non-hydrogen) atoms. The molecule has 0 N–H and O–H groups in total. The largest absolute Gasteiger partial charge is 0.309 e. The van der Waals surface area contributed by atoms with Gasteiger partial charge in [-0.15, -0.1) is 0 Å². The van der Waals surface area contributed by atoms with Crippen LogP contribution in [0.2, 0.25) is 0 Å². The molecule has 2 aliphatic rings. The maximum Gasteiger partial charge on any atom is 0.0812 e. The highest BCUT2D eigenvalue weighted by Gasteiger charge is 2.41. The molecule has 0 amide bonds. The zero-order chi connectivity index (χ0) is 19.3. The molecule has 0 saturated carbocycles. The van der Waals surface area contributed by atoms with E-state index in [1.807, 2.05) is 11.8 Å². The fraction of sp³-hybridized carbons (Fsp3) is 0.375. The molecule has 4 heteroatoms. The standard InChI is InChI=1S/C24H29N3S/c1-26(2)14-9-15-27-24(20-12-7-4-8-13-20)22-18-28-17-21(23(22)25-27)16-19-10-5-3-6-11-19/h3-8,10-13,16,22,24H,9,14-15,17-18H2,1-2H3. The number of benzene rings is 2. The monoisotopic (exact) mass is 391 g/mol. The summed E-state index contributed by atoms with van der Waals surface area (Å²) >= 11 is 2.04. The van der Waals surface area contributed by atoms with Gasteiger partial charge in [-0.2, -0.15) is 16.9 Å². The van der Waals surface area contributed by atoms with E-state index in [4.69, 9.17) is 5.10 Å². The van der Waals surface area contributed by atoms with E-state index in [1.165, 1.54) is 22.4 Å². The predicted octanol–water partition coefficient (Wildman–Crippen LogP) is 4.80. The summed E-state index contributed by atoms with van der Waals surface area (Å²) in [5.74, 6) is 2.67. The molecule has 2 heterocycles. The van der Waals surface area contributed by atoms with Gasteiger partial charge in [0.25, 0.3) is 0 Å². The number of hydrogen-bond acceptors (Lipinski definition) is 4. The van der Waals surface area contributed by atoms with Crippen LogP contribution in [0.5, 0.6) is 0 Å². The van der Waals surface area contributed by atoms with E-state index in [9.17, 15) is 0 Å². The van der Waals surface area contributed by atoms with Crippen molar-refractivity contribution in [1.29, 1.82) is 0 Å². The van der Waals surface area contributed by atoms with E-state index in [-0.39, 0.29) is 0 Å². The number of thioether (sulfide) groups is 1. The zero-order valence-electron chi connectivity index (χ0n) is 16.8. The van der Waals surface area contributed by atoms with Crippen LogP contribution in [0.15, 0.2) is 71.3 Å². The van der Waals surface area contributed by atoms with Crippen molar-refractivity contribution >= 4 is 23.5 Å². The second-order valence-electron chi connectivity index (χ2n) is 7.86. The molecule has 2 unspecified atom stereocenters. The average Bonchev–Trinajstić information content (AvgIpc) is 3.08. The topological polar surface area (TPSA) is 18.8 Å². The predicted molar refractivity (Wildman–Crippen MR) is 122 cm³/mol. The average molecular weight is 392 g/mol. The highest BCUT2D eigenvalue weighted by Crippen LogP contribution is 2.43. The molecule has 2 aromatic rings. The Morgan fingerprint density at radius 3 is 2.50 bits per heavy atom. The Morgan fingerprint density at radius 1 is 1.07 bits per heavy atom. The van der Waals surface area contributed by atoms with E-state index in [2.05, 4.69) is 90.7 Å². The molecular formula is C24H29N3S. The highest BCUT2D eigenvalue weighted by atomic mass is 32.2. The Bertz CT molecular complexity index is 829. The molecule has 0 aliphatic carbocycles. The van der Waals surface area contributed by atoms with E-state index in [0.29, 0.717) is 12.0 Å². The van der Waals surface area contributed by atoms with E-state index >= 15 is 0 Å². The van der Waals surface area contributed by atoms with Crippen molar-refractivity contribution in [2.75, 3.05) is 38.7 Å². The number of rotatable bonds is 6. The smallest absolute Gasteiger partial charge is 0.0812 e. The molecular weight excluding hydrogens is 362 g/mol. The van der Waals surface area contributed by atoms with Crippen molar-refractivity contribution in [2.24, 2.45) is 11.0 Å². The van der Waals surface area contributed by atoms with Crippen molar-refractivity contribution in [1.82, 2.24) is 9.91 Å². The molecule has 0 spiro atoms. The fourth-order valence-electron chi connectivity index (χ4n) is 4.13. The maximum absolute atomic E-state index is 5.19. The van der Waals surface area contributed by atoms with Gasteiger partial charge < -0.3 is 4.90 Å². The van der Waals surface area contributed by atoms with Crippen LogP contribution in [0.1, 0.15) is 23.6 Å². The van der Waals surface area contributed by atoms with Gasteiger partial charge in [-0.25, -0.2) is 0 Å². The second-order valence-corrected chi connectivity index (χ2v) is 8.89. The minimum Gasteiger partial charge on any atom is -0.309 e. The highest BCUT2D eigenvalue weighted by molar-refractivity contribution is 7.99. The summed E-state index contributed by atoms with van der Waals surface area (Å²) in [6.45, 7) is 2.09. The molecule has 146 valence electrons. The summed E-state index contributed by atoms with van der Waals surface area (Å²) in [6.07, 6.45) is 3.47. The second kappa shape index (κ2) is 8.97. The van der Waals surface area contributed by atoms with Gasteiger partial charge in [0, 0.05) is 24.0 Å². The first-order valence-corrected chi connectivity index (χ1v) is 11.3. The number of hydrazone groups is 1. The first-order valence-electron chi connectivity index (χ1n) is 10.1. The van der Waals surface area contributed by atoms with Gasteiger partial charge in [-0.05, 0) is 49.8 Å². The van der Waals surface area contributed by atoms with Gasteiger partial charge in [0.2, 0.25) is 0 Å². The zero-order valence-corrected chi connectivity index (χ0v) is 17.6. The third kappa shape index (κ3) is 4.34. The van der Waals surface area contributed by atoms with E-state index in [0.717, 1.165) is 31.0 Å². The van der Waals surface area contributed by atoms with Gasteiger partial charge in [0.15, 0.2) is 0 Å². The third-order valence-electron chi connectivity index (χ3n) is 5.45. The lowest BCUT2D eigenvalue weighted by molar-refractivity contribution is 0.198. The SMILES string of the molecule is CN(C)CCCN1N=C2C(=Cc3ccccc3)CSCC2C1c1ccccc1. The molecule has 3 nitrogen and oxygen atoms in total. The minimum atomic E-state index is 0.352. The van der Waals surface area contributed by atoms with Crippen LogP contribution in [0.4, 0.5) is 0 Å². The number of nitrogens with zero attached hydrogens (tertiary/aromatic N) is 3. The van der Waals surface area contributed by atoms with Crippen molar-refractivity contribution in [2.45, 2.75) is 12.5 Å². The normalized spacial score (nSPS) is 23.2. The van der Waals surface area contributed by atoms with Crippen LogP contribution in [0.25, 0.3) is 6.08 Å². The van der Waals surface area contributed by atoms with Crippen molar-refractivity contribution in [3.8, 4) is 0 Å². The van der Waals surface area contributed by atoms with Crippen LogP contribution in [0.3, 0.4) is 0 Å². The fourth-order valence-corrected chi connectivity index (χ4v) is 5.30.